The molecule has 1 aliphatic heterocycles. The minimum Gasteiger partial charge on any atom is -0.488 e. The molecule has 28 heavy (non-hydrogen) atoms. The van der Waals surface area contributed by atoms with E-state index >= 15 is 0 Å². The smallest absolute Gasteiger partial charge is 0.363 e. The second-order valence-electron chi connectivity index (χ2n) is 6.16. The monoisotopic (exact) mass is 373 g/mol. The Bertz CT molecular complexity index is 1070. The lowest BCUT2D eigenvalue weighted by molar-refractivity contribution is -0.129. The minimum atomic E-state index is -0.586. The third kappa shape index (κ3) is 3.99. The number of esters is 1. The molecule has 5 heteroatoms. The molecule has 0 saturated carbocycles. The van der Waals surface area contributed by atoms with Gasteiger partial charge < -0.3 is 9.47 Å². The predicted molar refractivity (Wildman–Crippen MR) is 104 cm³/mol. The summed E-state index contributed by atoms with van der Waals surface area (Å²) in [6.07, 6.45) is 1.61. The van der Waals surface area contributed by atoms with Crippen LogP contribution in [0.2, 0.25) is 0 Å². The number of halogens is 1. The zero-order valence-electron chi connectivity index (χ0n) is 14.8. The van der Waals surface area contributed by atoms with Gasteiger partial charge in [-0.2, -0.15) is 0 Å². The van der Waals surface area contributed by atoms with Gasteiger partial charge in [-0.25, -0.2) is 14.2 Å². The molecule has 1 heterocycles. The average molecular weight is 373 g/mol. The second-order valence-corrected chi connectivity index (χ2v) is 6.16. The Balaban J connectivity index is 1.59. The molecule has 0 spiro atoms. The number of benzene rings is 3. The van der Waals surface area contributed by atoms with Crippen molar-refractivity contribution in [3.8, 4) is 5.75 Å². The first kappa shape index (κ1) is 17.7. The van der Waals surface area contributed by atoms with E-state index in [4.69, 9.17) is 9.47 Å². The normalized spacial score (nSPS) is 14.7. The van der Waals surface area contributed by atoms with Gasteiger partial charge in [0.25, 0.3) is 0 Å². The summed E-state index contributed by atoms with van der Waals surface area (Å²) in [6, 6.07) is 22.9. The van der Waals surface area contributed by atoms with Crippen molar-refractivity contribution in [2.75, 3.05) is 0 Å². The molecule has 4 rings (SSSR count). The highest BCUT2D eigenvalue weighted by atomic mass is 19.1. The average Bonchev–Trinajstić information content (AvgIpc) is 3.09. The van der Waals surface area contributed by atoms with E-state index in [2.05, 4.69) is 4.99 Å². The summed E-state index contributed by atoms with van der Waals surface area (Å²) in [5, 5.41) is 0. The highest BCUT2D eigenvalue weighted by Crippen LogP contribution is 2.25. The van der Waals surface area contributed by atoms with Gasteiger partial charge in [-0.15, -0.1) is 0 Å². The van der Waals surface area contributed by atoms with Crippen LogP contribution in [0.5, 0.6) is 5.75 Å². The number of hydrogen-bond acceptors (Lipinski definition) is 4. The van der Waals surface area contributed by atoms with Crippen molar-refractivity contribution in [1.82, 2.24) is 0 Å². The predicted octanol–water partition coefficient (Wildman–Crippen LogP) is 4.75. The Kier molecular flexibility index (Phi) is 4.97. The molecule has 0 fully saturated rings. The number of nitrogens with zero attached hydrogens (tertiary/aromatic N) is 1. The van der Waals surface area contributed by atoms with E-state index < -0.39 is 11.8 Å². The molecule has 0 bridgehead atoms. The van der Waals surface area contributed by atoms with E-state index in [0.717, 1.165) is 5.56 Å². The number of carbonyl (C=O) groups excluding carboxylic acids is 1. The molecule has 0 aromatic heterocycles. The molecule has 4 nitrogen and oxygen atoms in total. The third-order valence-corrected chi connectivity index (χ3v) is 4.14. The maximum Gasteiger partial charge on any atom is 0.363 e. The van der Waals surface area contributed by atoms with Gasteiger partial charge >= 0.3 is 5.97 Å². The first-order valence-corrected chi connectivity index (χ1v) is 8.73. The van der Waals surface area contributed by atoms with E-state index in [-0.39, 0.29) is 11.6 Å². The molecule has 138 valence electrons. The van der Waals surface area contributed by atoms with Crippen LogP contribution in [0, 0.1) is 5.82 Å². The van der Waals surface area contributed by atoms with Crippen LogP contribution in [0.3, 0.4) is 0 Å². The van der Waals surface area contributed by atoms with Crippen LogP contribution in [0.15, 0.2) is 89.6 Å². The highest BCUT2D eigenvalue weighted by molar-refractivity contribution is 6.12. The first-order valence-electron chi connectivity index (χ1n) is 8.73. The van der Waals surface area contributed by atoms with Crippen molar-refractivity contribution in [3.63, 3.8) is 0 Å². The van der Waals surface area contributed by atoms with Crippen molar-refractivity contribution in [2.24, 2.45) is 4.99 Å². The van der Waals surface area contributed by atoms with Gasteiger partial charge in [0.15, 0.2) is 5.70 Å². The van der Waals surface area contributed by atoms with Crippen LogP contribution in [0.1, 0.15) is 16.7 Å². The van der Waals surface area contributed by atoms with Gasteiger partial charge in [0.2, 0.25) is 5.90 Å². The van der Waals surface area contributed by atoms with Gasteiger partial charge in [-0.3, -0.25) is 0 Å². The Morgan fingerprint density at radius 3 is 2.57 bits per heavy atom. The largest absolute Gasteiger partial charge is 0.488 e. The quantitative estimate of drug-likeness (QED) is 0.479. The van der Waals surface area contributed by atoms with Crippen LogP contribution < -0.4 is 4.74 Å². The van der Waals surface area contributed by atoms with E-state index in [1.54, 1.807) is 12.1 Å². The molecule has 3 aromatic carbocycles. The van der Waals surface area contributed by atoms with Gasteiger partial charge in [-0.05, 0) is 35.9 Å². The Labute approximate surface area is 161 Å². The molecule has 3 aromatic rings. The molecule has 0 atom stereocenters. The summed E-state index contributed by atoms with van der Waals surface area (Å²) in [6.45, 7) is 0.406. The molecular weight excluding hydrogens is 357 g/mol. The van der Waals surface area contributed by atoms with Gasteiger partial charge in [0.05, 0.1) is 0 Å². The molecule has 0 aliphatic carbocycles. The zero-order chi connectivity index (χ0) is 19.3. The van der Waals surface area contributed by atoms with Gasteiger partial charge in [0.1, 0.15) is 18.2 Å². The maximum atomic E-state index is 13.4. The third-order valence-electron chi connectivity index (χ3n) is 4.14. The van der Waals surface area contributed by atoms with Crippen molar-refractivity contribution >= 4 is 17.9 Å². The Morgan fingerprint density at radius 1 is 0.964 bits per heavy atom. The zero-order valence-corrected chi connectivity index (χ0v) is 14.8. The number of para-hydroxylation sites is 1. The van der Waals surface area contributed by atoms with Gasteiger partial charge in [-0.1, -0.05) is 54.6 Å². The van der Waals surface area contributed by atoms with Gasteiger partial charge in [0, 0.05) is 11.1 Å². The number of ether oxygens (including phenoxy) is 2. The first-order chi connectivity index (χ1) is 13.7. The van der Waals surface area contributed by atoms with Crippen LogP contribution >= 0.6 is 0 Å². The van der Waals surface area contributed by atoms with Crippen molar-refractivity contribution in [2.45, 2.75) is 6.61 Å². The fourth-order valence-electron chi connectivity index (χ4n) is 2.77. The van der Waals surface area contributed by atoms with E-state index in [1.165, 1.54) is 18.2 Å². The topological polar surface area (TPSA) is 47.9 Å². The Morgan fingerprint density at radius 2 is 1.75 bits per heavy atom. The SMILES string of the molecule is O=C1OC(c2cccc(F)c2)=N/C1=C\c1ccccc1OCc1ccccc1. The van der Waals surface area contributed by atoms with E-state index in [0.29, 0.717) is 23.5 Å². The van der Waals surface area contributed by atoms with Crippen LogP contribution in [-0.2, 0) is 16.1 Å². The summed E-state index contributed by atoms with van der Waals surface area (Å²) >= 11 is 0. The van der Waals surface area contributed by atoms with Crippen molar-refractivity contribution < 1.29 is 18.7 Å². The lowest BCUT2D eigenvalue weighted by Crippen LogP contribution is -2.05. The number of cyclic esters (lactones) is 1. The van der Waals surface area contributed by atoms with E-state index in [1.807, 2.05) is 54.6 Å². The summed E-state index contributed by atoms with van der Waals surface area (Å²) < 4.78 is 24.5. The minimum absolute atomic E-state index is 0.0819. The number of carbonyl (C=O) groups is 1. The second kappa shape index (κ2) is 7.88. The molecule has 1 aliphatic rings. The summed E-state index contributed by atoms with van der Waals surface area (Å²) in [7, 11) is 0. The maximum absolute atomic E-state index is 13.4. The number of aliphatic imine (C=N–C) groups is 1. The number of hydrogen-bond donors (Lipinski definition) is 0. The summed E-state index contributed by atoms with van der Waals surface area (Å²) in [4.78, 5) is 16.4. The van der Waals surface area contributed by atoms with Crippen LogP contribution in [0.4, 0.5) is 4.39 Å². The highest BCUT2D eigenvalue weighted by Gasteiger charge is 2.24. The molecule has 0 unspecified atom stereocenters. The van der Waals surface area contributed by atoms with E-state index in [9.17, 15) is 9.18 Å². The molecule has 0 radical (unpaired) electrons. The standard InChI is InChI=1S/C23H16FNO3/c24-19-11-6-10-18(13-19)22-25-20(23(26)28-22)14-17-9-4-5-12-21(17)27-15-16-7-2-1-3-8-16/h1-14H,15H2/b20-14-. The number of rotatable bonds is 5. The summed E-state index contributed by atoms with van der Waals surface area (Å²) in [5.41, 5.74) is 2.28. The molecular formula is C23H16FNO3. The lowest BCUT2D eigenvalue weighted by Gasteiger charge is -2.09. The Hall–Kier alpha value is -3.73. The fourth-order valence-corrected chi connectivity index (χ4v) is 2.77. The van der Waals surface area contributed by atoms with Crippen LogP contribution in [0.25, 0.3) is 6.08 Å². The van der Waals surface area contributed by atoms with Crippen molar-refractivity contribution in [3.05, 3.63) is 107 Å². The molecule has 0 N–H and O–H groups in total. The summed E-state index contributed by atoms with van der Waals surface area (Å²) in [5.74, 6) is -0.301. The lowest BCUT2D eigenvalue weighted by atomic mass is 10.1. The molecule has 0 saturated heterocycles. The van der Waals surface area contributed by atoms with Crippen LogP contribution in [-0.4, -0.2) is 11.9 Å². The van der Waals surface area contributed by atoms with Crippen molar-refractivity contribution in [1.29, 1.82) is 0 Å². The fraction of sp³-hybridized carbons (Fsp3) is 0.0435. The molecule has 0 amide bonds.